The molecule has 2 atom stereocenters. The molecule has 7 nitrogen and oxygen atoms in total. The van der Waals surface area contributed by atoms with Gasteiger partial charge in [-0.25, -0.2) is 17.8 Å². The molecule has 1 N–H and O–H groups in total. The Morgan fingerprint density at radius 3 is 2.61 bits per heavy atom. The van der Waals surface area contributed by atoms with Gasteiger partial charge in [0.15, 0.2) is 0 Å². The number of nitrogens with one attached hydrogen (secondary N) is 1. The van der Waals surface area contributed by atoms with Crippen LogP contribution in [0.15, 0.2) is 65.8 Å². The number of nitrogens with zero attached hydrogens (tertiary/aromatic N) is 3. The van der Waals surface area contributed by atoms with Gasteiger partial charge in [0.1, 0.15) is 17.7 Å². The Kier molecular flexibility index (Phi) is 6.62. The number of rotatable bonds is 6. The third kappa shape index (κ3) is 4.84. The van der Waals surface area contributed by atoms with Crippen molar-refractivity contribution in [3.8, 4) is 0 Å². The fourth-order valence-electron chi connectivity index (χ4n) is 4.18. The summed E-state index contributed by atoms with van der Waals surface area (Å²) in [4.78, 5) is 17.6. The minimum atomic E-state index is -3.71. The average Bonchev–Trinajstić information content (AvgIpc) is 3.24. The van der Waals surface area contributed by atoms with Crippen molar-refractivity contribution in [2.45, 2.75) is 43.2 Å². The Morgan fingerprint density at radius 2 is 1.94 bits per heavy atom. The summed E-state index contributed by atoms with van der Waals surface area (Å²) in [6.07, 6.45) is 6.03. The third-order valence-corrected chi connectivity index (χ3v) is 8.05. The van der Waals surface area contributed by atoms with Crippen molar-refractivity contribution >= 4 is 15.9 Å². The summed E-state index contributed by atoms with van der Waals surface area (Å²) in [5.41, 5.74) is 0.882. The van der Waals surface area contributed by atoms with Crippen LogP contribution in [0.25, 0.3) is 0 Å². The Bertz CT molecular complexity index is 1240. The van der Waals surface area contributed by atoms with Gasteiger partial charge in [-0.1, -0.05) is 24.6 Å². The lowest BCUT2D eigenvalue weighted by molar-refractivity contribution is 0.0941. The van der Waals surface area contributed by atoms with E-state index >= 15 is 0 Å². The van der Waals surface area contributed by atoms with Crippen LogP contribution in [0.3, 0.4) is 0 Å². The first-order valence-electron chi connectivity index (χ1n) is 10.9. The Balaban J connectivity index is 1.63. The van der Waals surface area contributed by atoms with Gasteiger partial charge in [0, 0.05) is 37.6 Å². The van der Waals surface area contributed by atoms with Crippen LogP contribution < -0.4 is 5.32 Å². The number of sulfonamides is 1. The molecule has 0 bridgehead atoms. The lowest BCUT2D eigenvalue weighted by atomic mass is 10.1. The molecule has 33 heavy (non-hydrogen) atoms. The van der Waals surface area contributed by atoms with Crippen LogP contribution in [0.4, 0.5) is 4.39 Å². The first-order chi connectivity index (χ1) is 15.8. The summed E-state index contributed by atoms with van der Waals surface area (Å²) in [6.45, 7) is 2.39. The topological polar surface area (TPSA) is 84.3 Å². The first-order valence-corrected chi connectivity index (χ1v) is 12.4. The van der Waals surface area contributed by atoms with E-state index in [0.29, 0.717) is 17.9 Å². The Morgan fingerprint density at radius 1 is 1.18 bits per heavy atom. The van der Waals surface area contributed by atoms with Gasteiger partial charge < -0.3 is 9.88 Å². The largest absolute Gasteiger partial charge is 0.338 e. The molecule has 0 radical (unpaired) electrons. The van der Waals surface area contributed by atoms with Crippen LogP contribution in [-0.4, -0.2) is 40.8 Å². The number of aromatic nitrogens is 2. The SMILES string of the molecule is CC1CCCCN1S(=O)(=O)c1cccc(C(=O)NC(c2ccc(F)cc2)c2nccn2C)c1. The number of carbonyl (C=O) groups is 1. The minimum Gasteiger partial charge on any atom is -0.338 e. The summed E-state index contributed by atoms with van der Waals surface area (Å²) < 4.78 is 43.2. The molecule has 3 aromatic rings. The zero-order chi connectivity index (χ0) is 23.6. The quantitative estimate of drug-likeness (QED) is 0.596. The van der Waals surface area contributed by atoms with E-state index in [1.165, 1.54) is 28.6 Å². The molecule has 1 fully saturated rings. The van der Waals surface area contributed by atoms with E-state index in [-0.39, 0.29) is 22.3 Å². The monoisotopic (exact) mass is 470 g/mol. The lowest BCUT2D eigenvalue weighted by Gasteiger charge is -2.32. The molecule has 2 heterocycles. The van der Waals surface area contributed by atoms with Gasteiger partial charge in [0.25, 0.3) is 5.91 Å². The fourth-order valence-corrected chi connectivity index (χ4v) is 5.93. The number of amides is 1. The van der Waals surface area contributed by atoms with E-state index < -0.39 is 22.0 Å². The van der Waals surface area contributed by atoms with Crippen LogP contribution in [0.2, 0.25) is 0 Å². The zero-order valence-electron chi connectivity index (χ0n) is 18.6. The number of halogens is 1. The highest BCUT2D eigenvalue weighted by molar-refractivity contribution is 7.89. The number of carbonyl (C=O) groups excluding carboxylic acids is 1. The molecule has 9 heteroatoms. The molecule has 1 aliphatic rings. The molecule has 0 aliphatic carbocycles. The van der Waals surface area contributed by atoms with Crippen molar-refractivity contribution in [2.75, 3.05) is 6.54 Å². The summed E-state index contributed by atoms with van der Waals surface area (Å²) in [6, 6.07) is 11.2. The van der Waals surface area contributed by atoms with Crippen LogP contribution >= 0.6 is 0 Å². The van der Waals surface area contributed by atoms with E-state index in [1.807, 2.05) is 6.92 Å². The van der Waals surface area contributed by atoms with E-state index in [2.05, 4.69) is 10.3 Å². The second-order valence-corrected chi connectivity index (χ2v) is 10.2. The number of piperidine rings is 1. The molecular weight excluding hydrogens is 443 g/mol. The number of hydrogen-bond acceptors (Lipinski definition) is 4. The van der Waals surface area contributed by atoms with Crippen LogP contribution in [-0.2, 0) is 17.1 Å². The normalized spacial score (nSPS) is 18.1. The molecule has 1 saturated heterocycles. The first kappa shape index (κ1) is 23.1. The van der Waals surface area contributed by atoms with Crippen LogP contribution in [0, 0.1) is 5.82 Å². The van der Waals surface area contributed by atoms with Crippen molar-refractivity contribution < 1.29 is 17.6 Å². The summed E-state index contributed by atoms with van der Waals surface area (Å²) >= 11 is 0. The number of hydrogen-bond donors (Lipinski definition) is 1. The highest BCUT2D eigenvalue weighted by atomic mass is 32.2. The highest BCUT2D eigenvalue weighted by Gasteiger charge is 2.31. The van der Waals surface area contributed by atoms with E-state index in [9.17, 15) is 17.6 Å². The van der Waals surface area contributed by atoms with Gasteiger partial charge in [-0.3, -0.25) is 4.79 Å². The van der Waals surface area contributed by atoms with Gasteiger partial charge in [-0.15, -0.1) is 0 Å². The lowest BCUT2D eigenvalue weighted by Crippen LogP contribution is -2.42. The summed E-state index contributed by atoms with van der Waals surface area (Å²) in [5, 5.41) is 2.93. The molecule has 2 aromatic carbocycles. The standard InChI is InChI=1S/C24H27FN4O3S/c1-17-6-3-4-14-29(17)33(31,32)21-8-5-7-19(16-21)24(30)27-22(23-26-13-15-28(23)2)18-9-11-20(25)12-10-18/h5,7-13,15-17,22H,3-4,6,14H2,1-2H3,(H,27,30). The van der Waals surface area contributed by atoms with Crippen molar-refractivity contribution in [2.24, 2.45) is 7.05 Å². The molecule has 174 valence electrons. The van der Waals surface area contributed by atoms with Crippen molar-refractivity contribution in [1.82, 2.24) is 19.2 Å². The summed E-state index contributed by atoms with van der Waals surface area (Å²) in [5.74, 6) is -0.259. The second-order valence-electron chi connectivity index (χ2n) is 8.34. The van der Waals surface area contributed by atoms with Crippen LogP contribution in [0.5, 0.6) is 0 Å². The fraction of sp³-hybridized carbons (Fsp3) is 0.333. The van der Waals surface area contributed by atoms with Crippen molar-refractivity contribution in [3.05, 3.63) is 83.7 Å². The van der Waals surface area contributed by atoms with E-state index in [1.54, 1.807) is 48.3 Å². The molecule has 4 rings (SSSR count). The van der Waals surface area contributed by atoms with Crippen molar-refractivity contribution in [1.29, 1.82) is 0 Å². The molecule has 1 aromatic heterocycles. The number of aryl methyl sites for hydroxylation is 1. The maximum atomic E-state index is 13.5. The Hall–Kier alpha value is -3.04. The van der Waals surface area contributed by atoms with Gasteiger partial charge in [0.2, 0.25) is 10.0 Å². The molecule has 1 aliphatic heterocycles. The van der Waals surface area contributed by atoms with Gasteiger partial charge in [-0.05, 0) is 55.7 Å². The number of imidazole rings is 1. The molecule has 2 unspecified atom stereocenters. The maximum Gasteiger partial charge on any atom is 0.252 e. The van der Waals surface area contributed by atoms with Crippen LogP contribution in [0.1, 0.15) is 54.0 Å². The van der Waals surface area contributed by atoms with Gasteiger partial charge in [0.05, 0.1) is 4.90 Å². The minimum absolute atomic E-state index is 0.0764. The third-order valence-electron chi connectivity index (χ3n) is 6.04. The second kappa shape index (κ2) is 9.44. The van der Waals surface area contributed by atoms with Gasteiger partial charge in [-0.2, -0.15) is 4.31 Å². The average molecular weight is 471 g/mol. The molecule has 0 saturated carbocycles. The zero-order valence-corrected chi connectivity index (χ0v) is 19.4. The smallest absolute Gasteiger partial charge is 0.252 e. The predicted octanol–water partition coefficient (Wildman–Crippen LogP) is 3.64. The predicted molar refractivity (Wildman–Crippen MR) is 123 cm³/mol. The van der Waals surface area contributed by atoms with Gasteiger partial charge >= 0.3 is 0 Å². The van der Waals surface area contributed by atoms with Crippen molar-refractivity contribution in [3.63, 3.8) is 0 Å². The maximum absolute atomic E-state index is 13.5. The molecular formula is C24H27FN4O3S. The molecule has 0 spiro atoms. The van der Waals surface area contributed by atoms with E-state index in [4.69, 9.17) is 0 Å². The summed E-state index contributed by atoms with van der Waals surface area (Å²) in [7, 11) is -1.90. The highest BCUT2D eigenvalue weighted by Crippen LogP contribution is 2.26. The molecule has 1 amide bonds. The Labute approximate surface area is 193 Å². The number of benzene rings is 2. The van der Waals surface area contributed by atoms with E-state index in [0.717, 1.165) is 19.3 Å².